The number of nitrogens with zero attached hydrogens (tertiary/aromatic N) is 2. The van der Waals surface area contributed by atoms with E-state index < -0.39 is 5.97 Å². The van der Waals surface area contributed by atoms with Crippen LogP contribution in [-0.4, -0.2) is 15.9 Å². The molecule has 6 nitrogen and oxygen atoms in total. The van der Waals surface area contributed by atoms with Gasteiger partial charge in [-0.3, -0.25) is 4.79 Å². The Morgan fingerprint density at radius 2 is 1.97 bits per heavy atom. The Labute approximate surface area is 182 Å². The molecule has 0 atom stereocenters. The number of rotatable bonds is 6. The van der Waals surface area contributed by atoms with Crippen molar-refractivity contribution in [3.05, 3.63) is 83.4 Å². The second kappa shape index (κ2) is 8.97. The molecule has 0 aliphatic rings. The zero-order valence-electron chi connectivity index (χ0n) is 16.4. The van der Waals surface area contributed by atoms with Gasteiger partial charge in [-0.1, -0.05) is 23.7 Å². The summed E-state index contributed by atoms with van der Waals surface area (Å²) in [5.41, 5.74) is 2.07. The van der Waals surface area contributed by atoms with Crippen LogP contribution >= 0.6 is 11.6 Å². The summed E-state index contributed by atoms with van der Waals surface area (Å²) in [4.78, 5) is 19.8. The van der Waals surface area contributed by atoms with Crippen LogP contribution in [0.1, 0.15) is 12.5 Å². The molecule has 0 aliphatic carbocycles. The number of hydrogen-bond acceptors (Lipinski definition) is 6. The molecule has 8 heteroatoms. The van der Waals surface area contributed by atoms with Crippen molar-refractivity contribution in [1.82, 2.24) is 9.97 Å². The first-order valence-corrected chi connectivity index (χ1v) is 9.73. The van der Waals surface area contributed by atoms with E-state index in [0.717, 1.165) is 0 Å². The third kappa shape index (κ3) is 5.07. The maximum atomic E-state index is 13.3. The van der Waals surface area contributed by atoms with Crippen LogP contribution in [0.2, 0.25) is 5.02 Å². The minimum Gasteiger partial charge on any atom is -0.487 e. The Morgan fingerprint density at radius 3 is 2.74 bits per heavy atom. The summed E-state index contributed by atoms with van der Waals surface area (Å²) < 4.78 is 24.2. The topological polar surface area (TPSA) is 73.3 Å². The molecule has 156 valence electrons. The van der Waals surface area contributed by atoms with E-state index in [4.69, 9.17) is 21.1 Å². The van der Waals surface area contributed by atoms with Crippen molar-refractivity contribution in [2.24, 2.45) is 0 Å². The van der Waals surface area contributed by atoms with Crippen molar-refractivity contribution < 1.29 is 18.7 Å². The maximum absolute atomic E-state index is 13.3. The highest BCUT2D eigenvalue weighted by atomic mass is 35.5. The lowest BCUT2D eigenvalue weighted by Crippen LogP contribution is -2.02. The molecule has 0 saturated carbocycles. The van der Waals surface area contributed by atoms with Crippen molar-refractivity contribution in [2.75, 3.05) is 5.32 Å². The number of nitrogens with one attached hydrogen (secondary N) is 1. The Morgan fingerprint density at radius 1 is 1.10 bits per heavy atom. The van der Waals surface area contributed by atoms with Crippen molar-refractivity contribution >= 4 is 40.0 Å². The van der Waals surface area contributed by atoms with Gasteiger partial charge >= 0.3 is 5.97 Å². The van der Waals surface area contributed by atoms with Gasteiger partial charge in [0.05, 0.1) is 10.5 Å². The smallest absolute Gasteiger partial charge is 0.308 e. The lowest BCUT2D eigenvalue weighted by molar-refractivity contribution is -0.131. The summed E-state index contributed by atoms with van der Waals surface area (Å²) in [6.45, 7) is 1.53. The number of esters is 1. The van der Waals surface area contributed by atoms with Crippen LogP contribution in [0.5, 0.6) is 11.5 Å². The first-order valence-electron chi connectivity index (χ1n) is 9.35. The minimum absolute atomic E-state index is 0.194. The molecule has 0 amide bonds. The van der Waals surface area contributed by atoms with Crippen LogP contribution in [0.3, 0.4) is 0 Å². The van der Waals surface area contributed by atoms with Crippen LogP contribution in [0.25, 0.3) is 10.9 Å². The van der Waals surface area contributed by atoms with E-state index in [-0.39, 0.29) is 12.4 Å². The third-order valence-electron chi connectivity index (χ3n) is 4.35. The molecule has 0 aliphatic heterocycles. The van der Waals surface area contributed by atoms with Crippen molar-refractivity contribution in [1.29, 1.82) is 0 Å². The van der Waals surface area contributed by atoms with Gasteiger partial charge in [0.15, 0.2) is 0 Å². The van der Waals surface area contributed by atoms with E-state index in [1.807, 2.05) is 0 Å². The van der Waals surface area contributed by atoms with E-state index in [2.05, 4.69) is 15.3 Å². The summed E-state index contributed by atoms with van der Waals surface area (Å²) in [5.74, 6) is 0.675. The summed E-state index contributed by atoms with van der Waals surface area (Å²) in [6, 6.07) is 16.5. The lowest BCUT2D eigenvalue weighted by atomic mass is 10.2. The molecule has 0 radical (unpaired) electrons. The predicted octanol–water partition coefficient (Wildman–Crippen LogP) is 5.67. The molecule has 0 spiro atoms. The molecule has 4 aromatic rings. The molecule has 3 aromatic carbocycles. The second-order valence-electron chi connectivity index (χ2n) is 6.68. The van der Waals surface area contributed by atoms with Gasteiger partial charge in [-0.25, -0.2) is 14.4 Å². The lowest BCUT2D eigenvalue weighted by Gasteiger charge is -2.12. The molecule has 4 rings (SSSR count). The van der Waals surface area contributed by atoms with E-state index in [1.165, 1.54) is 25.4 Å². The third-order valence-corrected chi connectivity index (χ3v) is 4.64. The molecule has 0 fully saturated rings. The first kappa shape index (κ1) is 20.6. The summed E-state index contributed by atoms with van der Waals surface area (Å²) in [6.07, 6.45) is 1.44. The van der Waals surface area contributed by atoms with Gasteiger partial charge in [0.1, 0.15) is 36.1 Å². The normalized spacial score (nSPS) is 10.7. The number of carbonyl (C=O) groups is 1. The fourth-order valence-electron chi connectivity index (χ4n) is 2.99. The van der Waals surface area contributed by atoms with Crippen LogP contribution in [-0.2, 0) is 11.4 Å². The monoisotopic (exact) mass is 437 g/mol. The van der Waals surface area contributed by atoms with E-state index in [1.54, 1.807) is 48.5 Å². The van der Waals surface area contributed by atoms with Crippen molar-refractivity contribution in [3.63, 3.8) is 0 Å². The van der Waals surface area contributed by atoms with Gasteiger partial charge in [0.25, 0.3) is 0 Å². The summed E-state index contributed by atoms with van der Waals surface area (Å²) >= 11 is 6.36. The first-order chi connectivity index (χ1) is 15.0. The standard InChI is InChI=1S/C23H17ClFN3O3/c1-14(29)31-18-6-7-21-19(11-18)23(27-13-26-21)28-17-5-8-22(20(24)10-17)30-12-15-3-2-4-16(25)9-15/h2-11,13H,12H2,1H3,(H,26,27,28). The van der Waals surface area contributed by atoms with Crippen LogP contribution in [0, 0.1) is 5.82 Å². The number of halogens is 2. The molecule has 1 aromatic heterocycles. The summed E-state index contributed by atoms with van der Waals surface area (Å²) in [5, 5.41) is 4.27. The number of aromatic nitrogens is 2. The highest BCUT2D eigenvalue weighted by molar-refractivity contribution is 6.32. The molecule has 0 saturated heterocycles. The van der Waals surface area contributed by atoms with E-state index >= 15 is 0 Å². The number of anilines is 2. The Hall–Kier alpha value is -3.71. The van der Waals surface area contributed by atoms with Gasteiger partial charge in [-0.15, -0.1) is 0 Å². The van der Waals surface area contributed by atoms with E-state index in [0.29, 0.717) is 44.5 Å². The van der Waals surface area contributed by atoms with Gasteiger partial charge in [0, 0.05) is 18.0 Å². The zero-order valence-corrected chi connectivity index (χ0v) is 17.2. The van der Waals surface area contributed by atoms with Gasteiger partial charge in [-0.05, 0) is 54.1 Å². The maximum Gasteiger partial charge on any atom is 0.308 e. The van der Waals surface area contributed by atoms with Gasteiger partial charge in [0.2, 0.25) is 0 Å². The van der Waals surface area contributed by atoms with Crippen molar-refractivity contribution in [2.45, 2.75) is 13.5 Å². The molecular formula is C23H17ClFN3O3. The number of fused-ring (bicyclic) bond motifs is 1. The molecule has 0 unspecified atom stereocenters. The molecule has 1 N–H and O–H groups in total. The fourth-order valence-corrected chi connectivity index (χ4v) is 3.22. The highest BCUT2D eigenvalue weighted by Gasteiger charge is 2.09. The average Bonchev–Trinajstić information content (AvgIpc) is 2.73. The Bertz CT molecular complexity index is 1270. The van der Waals surface area contributed by atoms with Crippen LogP contribution in [0.15, 0.2) is 67.0 Å². The average molecular weight is 438 g/mol. The molecule has 1 heterocycles. The number of carbonyl (C=O) groups excluding carboxylic acids is 1. The SMILES string of the molecule is CC(=O)Oc1ccc2ncnc(Nc3ccc(OCc4cccc(F)c4)c(Cl)c3)c2c1. The quantitative estimate of drug-likeness (QED) is 0.309. The van der Waals surface area contributed by atoms with Crippen LogP contribution < -0.4 is 14.8 Å². The van der Waals surface area contributed by atoms with Gasteiger partial charge < -0.3 is 14.8 Å². The molecule has 0 bridgehead atoms. The molecular weight excluding hydrogens is 421 g/mol. The summed E-state index contributed by atoms with van der Waals surface area (Å²) in [7, 11) is 0. The molecule has 31 heavy (non-hydrogen) atoms. The Kier molecular flexibility index (Phi) is 5.95. The highest BCUT2D eigenvalue weighted by Crippen LogP contribution is 2.32. The second-order valence-corrected chi connectivity index (χ2v) is 7.09. The Balaban J connectivity index is 1.53. The largest absolute Gasteiger partial charge is 0.487 e. The minimum atomic E-state index is -0.411. The van der Waals surface area contributed by atoms with Crippen molar-refractivity contribution in [3.8, 4) is 11.5 Å². The number of hydrogen-bond donors (Lipinski definition) is 1. The zero-order chi connectivity index (χ0) is 21.8. The van der Waals surface area contributed by atoms with Gasteiger partial charge in [-0.2, -0.15) is 0 Å². The van der Waals surface area contributed by atoms with Crippen LogP contribution in [0.4, 0.5) is 15.9 Å². The predicted molar refractivity (Wildman–Crippen MR) is 116 cm³/mol. The fraction of sp³-hybridized carbons (Fsp3) is 0.0870. The van der Waals surface area contributed by atoms with E-state index in [9.17, 15) is 9.18 Å². The number of ether oxygens (including phenoxy) is 2. The number of benzene rings is 3.